The van der Waals surface area contributed by atoms with E-state index in [1.54, 1.807) is 19.1 Å². The Bertz CT molecular complexity index is 357. The van der Waals surface area contributed by atoms with Gasteiger partial charge in [-0.05, 0) is 18.6 Å². The smallest absolute Gasteiger partial charge is 0.438 e. The number of carbonyl (C=O) groups is 1. The highest BCUT2D eigenvalue weighted by atomic mass is 35.5. The average molecular weight is 244 g/mol. The van der Waals surface area contributed by atoms with E-state index in [0.29, 0.717) is 18.2 Å². The summed E-state index contributed by atoms with van der Waals surface area (Å²) < 4.78 is 4.64. The summed E-state index contributed by atoms with van der Waals surface area (Å²) >= 11 is 5.79. The SMILES string of the molecule is CCON(C(=O)OC)c1ccccc1CCl. The van der Waals surface area contributed by atoms with Crippen LogP contribution in [0.4, 0.5) is 10.5 Å². The molecule has 1 aromatic rings. The molecule has 0 N–H and O–H groups in total. The number of hydroxylamine groups is 1. The normalized spacial score (nSPS) is 9.94. The molecule has 0 aliphatic heterocycles. The minimum Gasteiger partial charge on any atom is -0.451 e. The Kier molecular flexibility index (Phi) is 5.08. The van der Waals surface area contributed by atoms with E-state index in [-0.39, 0.29) is 0 Å². The van der Waals surface area contributed by atoms with Gasteiger partial charge in [0.25, 0.3) is 0 Å². The molecule has 0 aliphatic rings. The first-order chi connectivity index (χ1) is 7.74. The highest BCUT2D eigenvalue weighted by Crippen LogP contribution is 2.23. The number of halogens is 1. The van der Waals surface area contributed by atoms with E-state index in [2.05, 4.69) is 4.74 Å². The molecular weight excluding hydrogens is 230 g/mol. The summed E-state index contributed by atoms with van der Waals surface area (Å²) in [6.07, 6.45) is -0.570. The minimum atomic E-state index is -0.570. The van der Waals surface area contributed by atoms with Crippen LogP contribution in [0.1, 0.15) is 12.5 Å². The molecule has 0 aromatic heterocycles. The standard InChI is InChI=1S/C11H14ClNO3/c1-3-16-13(11(14)15-2)10-7-5-4-6-9(10)8-12/h4-7H,3,8H2,1-2H3. The van der Waals surface area contributed by atoms with Crippen molar-refractivity contribution in [2.45, 2.75) is 12.8 Å². The molecule has 88 valence electrons. The number of benzene rings is 1. The molecule has 0 radical (unpaired) electrons. The van der Waals surface area contributed by atoms with Crippen LogP contribution in [0.5, 0.6) is 0 Å². The van der Waals surface area contributed by atoms with Gasteiger partial charge in [-0.3, -0.25) is 4.84 Å². The predicted octanol–water partition coefficient (Wildman–Crippen LogP) is 2.95. The van der Waals surface area contributed by atoms with E-state index in [9.17, 15) is 4.79 Å². The number of methoxy groups -OCH3 is 1. The number of alkyl halides is 1. The van der Waals surface area contributed by atoms with Gasteiger partial charge in [-0.1, -0.05) is 18.2 Å². The first-order valence-electron chi connectivity index (χ1n) is 4.89. The highest BCUT2D eigenvalue weighted by molar-refractivity contribution is 6.17. The first kappa shape index (κ1) is 12.8. The fourth-order valence-electron chi connectivity index (χ4n) is 1.25. The molecule has 1 aromatic carbocycles. The van der Waals surface area contributed by atoms with Crippen molar-refractivity contribution in [1.82, 2.24) is 0 Å². The number of nitrogens with zero attached hydrogens (tertiary/aromatic N) is 1. The number of rotatable bonds is 4. The number of amides is 1. The molecule has 16 heavy (non-hydrogen) atoms. The third kappa shape index (κ3) is 2.87. The summed E-state index contributed by atoms with van der Waals surface area (Å²) in [5, 5.41) is 1.11. The number of anilines is 1. The van der Waals surface area contributed by atoms with Gasteiger partial charge in [-0.2, -0.15) is 5.06 Å². The van der Waals surface area contributed by atoms with E-state index < -0.39 is 6.09 Å². The maximum Gasteiger partial charge on any atom is 0.438 e. The van der Waals surface area contributed by atoms with Crippen LogP contribution < -0.4 is 5.06 Å². The monoisotopic (exact) mass is 243 g/mol. The van der Waals surface area contributed by atoms with Gasteiger partial charge in [0.2, 0.25) is 0 Å². The third-order valence-electron chi connectivity index (χ3n) is 1.95. The predicted molar refractivity (Wildman–Crippen MR) is 62.5 cm³/mol. The summed E-state index contributed by atoms with van der Waals surface area (Å²) in [4.78, 5) is 16.7. The molecule has 0 aliphatic carbocycles. The van der Waals surface area contributed by atoms with Crippen LogP contribution in [0, 0.1) is 0 Å². The number of hydrogen-bond acceptors (Lipinski definition) is 3. The Labute approximate surface area is 99.7 Å². The Morgan fingerprint density at radius 1 is 1.44 bits per heavy atom. The molecule has 0 atom stereocenters. The van der Waals surface area contributed by atoms with Gasteiger partial charge in [0.05, 0.1) is 19.4 Å². The molecular formula is C11H14ClNO3. The van der Waals surface area contributed by atoms with Crippen molar-refractivity contribution in [3.8, 4) is 0 Å². The second kappa shape index (κ2) is 6.35. The topological polar surface area (TPSA) is 38.8 Å². The summed E-state index contributed by atoms with van der Waals surface area (Å²) in [6, 6.07) is 7.24. The van der Waals surface area contributed by atoms with Crippen molar-refractivity contribution in [2.24, 2.45) is 0 Å². The zero-order valence-corrected chi connectivity index (χ0v) is 10.0. The Balaban J connectivity index is 3.04. The molecule has 0 spiro atoms. The number of ether oxygens (including phenoxy) is 1. The van der Waals surface area contributed by atoms with Crippen molar-refractivity contribution in [3.63, 3.8) is 0 Å². The van der Waals surface area contributed by atoms with Crippen LogP contribution in [0.25, 0.3) is 0 Å². The fraction of sp³-hybridized carbons (Fsp3) is 0.364. The van der Waals surface area contributed by atoms with E-state index in [4.69, 9.17) is 16.4 Å². The van der Waals surface area contributed by atoms with E-state index >= 15 is 0 Å². The van der Waals surface area contributed by atoms with Crippen LogP contribution in [0.3, 0.4) is 0 Å². The molecule has 4 nitrogen and oxygen atoms in total. The summed E-state index contributed by atoms with van der Waals surface area (Å²) in [5.41, 5.74) is 1.41. The number of para-hydroxylation sites is 1. The number of carbonyl (C=O) groups excluding carboxylic acids is 1. The van der Waals surface area contributed by atoms with Crippen LogP contribution in [0.15, 0.2) is 24.3 Å². The number of hydrogen-bond donors (Lipinski definition) is 0. The second-order valence-corrected chi connectivity index (χ2v) is 3.21. The van der Waals surface area contributed by atoms with Crippen molar-refractivity contribution in [2.75, 3.05) is 18.8 Å². The van der Waals surface area contributed by atoms with E-state index in [1.807, 2.05) is 12.1 Å². The van der Waals surface area contributed by atoms with Crippen molar-refractivity contribution in [3.05, 3.63) is 29.8 Å². The quantitative estimate of drug-likeness (QED) is 0.603. The lowest BCUT2D eigenvalue weighted by Gasteiger charge is -2.21. The summed E-state index contributed by atoms with van der Waals surface area (Å²) in [7, 11) is 1.30. The van der Waals surface area contributed by atoms with E-state index in [1.165, 1.54) is 7.11 Å². The zero-order valence-electron chi connectivity index (χ0n) is 9.27. The average Bonchev–Trinajstić information content (AvgIpc) is 2.35. The van der Waals surface area contributed by atoms with Gasteiger partial charge in [0, 0.05) is 5.88 Å². The zero-order chi connectivity index (χ0) is 12.0. The lowest BCUT2D eigenvalue weighted by molar-refractivity contribution is 0.0921. The van der Waals surface area contributed by atoms with Gasteiger partial charge in [0.15, 0.2) is 0 Å². The van der Waals surface area contributed by atoms with Crippen LogP contribution in [-0.2, 0) is 15.5 Å². The molecule has 0 unspecified atom stereocenters. The molecule has 0 fully saturated rings. The van der Waals surface area contributed by atoms with Crippen molar-refractivity contribution in [1.29, 1.82) is 0 Å². The molecule has 0 saturated heterocycles. The molecule has 0 heterocycles. The molecule has 1 rings (SSSR count). The molecule has 5 heteroatoms. The maximum atomic E-state index is 11.5. The summed E-state index contributed by atoms with van der Waals surface area (Å²) in [6.45, 7) is 2.16. The lowest BCUT2D eigenvalue weighted by Crippen LogP contribution is -2.31. The first-order valence-corrected chi connectivity index (χ1v) is 5.42. The van der Waals surface area contributed by atoms with E-state index in [0.717, 1.165) is 10.6 Å². The second-order valence-electron chi connectivity index (χ2n) is 2.94. The fourth-order valence-corrected chi connectivity index (χ4v) is 1.48. The Hall–Kier alpha value is -1.26. The highest BCUT2D eigenvalue weighted by Gasteiger charge is 2.19. The van der Waals surface area contributed by atoms with Gasteiger partial charge in [0.1, 0.15) is 0 Å². The van der Waals surface area contributed by atoms with Crippen LogP contribution in [0.2, 0.25) is 0 Å². The molecule has 0 bridgehead atoms. The van der Waals surface area contributed by atoms with Gasteiger partial charge in [-0.15, -0.1) is 11.6 Å². The summed E-state index contributed by atoms with van der Waals surface area (Å²) in [5.74, 6) is 0.302. The minimum absolute atomic E-state index is 0.302. The largest absolute Gasteiger partial charge is 0.451 e. The third-order valence-corrected chi connectivity index (χ3v) is 2.24. The maximum absolute atomic E-state index is 11.5. The van der Waals surface area contributed by atoms with Crippen molar-refractivity contribution < 1.29 is 14.4 Å². The molecule has 1 amide bonds. The van der Waals surface area contributed by atoms with Gasteiger partial charge >= 0.3 is 6.09 Å². The Morgan fingerprint density at radius 2 is 2.12 bits per heavy atom. The molecule has 0 saturated carbocycles. The van der Waals surface area contributed by atoms with Crippen LogP contribution >= 0.6 is 11.6 Å². The lowest BCUT2D eigenvalue weighted by atomic mass is 10.2. The van der Waals surface area contributed by atoms with Crippen LogP contribution in [-0.4, -0.2) is 19.8 Å². The van der Waals surface area contributed by atoms with Gasteiger partial charge < -0.3 is 4.74 Å². The van der Waals surface area contributed by atoms with Crippen molar-refractivity contribution >= 4 is 23.4 Å². The van der Waals surface area contributed by atoms with Gasteiger partial charge in [-0.25, -0.2) is 4.79 Å². The Morgan fingerprint density at radius 3 is 2.69 bits per heavy atom.